The predicted octanol–water partition coefficient (Wildman–Crippen LogP) is 3.70. The third-order valence-corrected chi connectivity index (χ3v) is 5.19. The van der Waals surface area contributed by atoms with Gasteiger partial charge in [0.2, 0.25) is 5.91 Å². The molecule has 1 aliphatic heterocycles. The molecule has 1 fully saturated rings. The summed E-state index contributed by atoms with van der Waals surface area (Å²) in [5.41, 5.74) is 0. The van der Waals surface area contributed by atoms with E-state index in [4.69, 9.17) is 11.6 Å². The van der Waals surface area contributed by atoms with Gasteiger partial charge < -0.3 is 10.2 Å². The smallest absolute Gasteiger partial charge is 0.232 e. The van der Waals surface area contributed by atoms with Gasteiger partial charge in [0.15, 0.2) is 0 Å². The molecular formula is C16H24Cl2N2OS. The fraction of sp³-hybridized carbons (Fsp3) is 0.562. The van der Waals surface area contributed by atoms with Crippen molar-refractivity contribution in [2.24, 2.45) is 5.92 Å². The monoisotopic (exact) mass is 362 g/mol. The van der Waals surface area contributed by atoms with Gasteiger partial charge in [-0.15, -0.1) is 24.2 Å². The Morgan fingerprint density at radius 1 is 1.32 bits per heavy atom. The van der Waals surface area contributed by atoms with Gasteiger partial charge >= 0.3 is 0 Å². The number of carbonyl (C=O) groups excluding carboxylic acids is 1. The molecule has 0 aliphatic carbocycles. The molecule has 0 atom stereocenters. The van der Waals surface area contributed by atoms with Crippen molar-refractivity contribution in [1.82, 2.24) is 10.2 Å². The average molecular weight is 363 g/mol. The molecule has 0 unspecified atom stereocenters. The van der Waals surface area contributed by atoms with Crippen molar-refractivity contribution in [3.8, 4) is 0 Å². The molecule has 1 aliphatic rings. The summed E-state index contributed by atoms with van der Waals surface area (Å²) < 4.78 is 0. The van der Waals surface area contributed by atoms with Crippen LogP contribution in [0.25, 0.3) is 0 Å². The van der Waals surface area contributed by atoms with Crippen LogP contribution < -0.4 is 5.32 Å². The second kappa shape index (κ2) is 10.4. The van der Waals surface area contributed by atoms with Gasteiger partial charge in [0.25, 0.3) is 0 Å². The number of benzene rings is 1. The summed E-state index contributed by atoms with van der Waals surface area (Å²) in [5.74, 6) is 1.54. The highest BCUT2D eigenvalue weighted by Crippen LogP contribution is 2.23. The molecule has 22 heavy (non-hydrogen) atoms. The van der Waals surface area contributed by atoms with Crippen molar-refractivity contribution in [1.29, 1.82) is 0 Å². The van der Waals surface area contributed by atoms with E-state index < -0.39 is 0 Å². The molecule has 0 spiro atoms. The number of rotatable bonds is 6. The lowest BCUT2D eigenvalue weighted by atomic mass is 9.93. The summed E-state index contributed by atoms with van der Waals surface area (Å²) in [5, 5.41) is 3.93. The summed E-state index contributed by atoms with van der Waals surface area (Å²) in [6.07, 6.45) is 3.50. The quantitative estimate of drug-likeness (QED) is 0.783. The van der Waals surface area contributed by atoms with E-state index in [1.54, 1.807) is 11.8 Å². The van der Waals surface area contributed by atoms with Crippen LogP contribution in [0, 0.1) is 5.92 Å². The Morgan fingerprint density at radius 3 is 2.55 bits per heavy atom. The Hall–Kier alpha value is -0.420. The van der Waals surface area contributed by atoms with Crippen LogP contribution in [-0.2, 0) is 4.79 Å². The zero-order valence-electron chi connectivity index (χ0n) is 12.9. The Kier molecular flexibility index (Phi) is 9.25. The van der Waals surface area contributed by atoms with Crippen LogP contribution in [-0.4, -0.2) is 43.2 Å². The van der Waals surface area contributed by atoms with Gasteiger partial charge in [0.1, 0.15) is 0 Å². The highest BCUT2D eigenvalue weighted by atomic mass is 35.5. The van der Waals surface area contributed by atoms with E-state index in [2.05, 4.69) is 5.32 Å². The fourth-order valence-corrected chi connectivity index (χ4v) is 3.51. The lowest BCUT2D eigenvalue weighted by Crippen LogP contribution is -2.39. The molecular weight excluding hydrogens is 339 g/mol. The zero-order valence-corrected chi connectivity index (χ0v) is 15.3. The highest BCUT2D eigenvalue weighted by Gasteiger charge is 2.22. The molecule has 1 aromatic rings. The van der Waals surface area contributed by atoms with E-state index >= 15 is 0 Å². The summed E-state index contributed by atoms with van der Waals surface area (Å²) in [6, 6.07) is 7.65. The fourth-order valence-electron chi connectivity index (χ4n) is 2.59. The van der Waals surface area contributed by atoms with Gasteiger partial charge in [-0.3, -0.25) is 4.79 Å². The molecule has 1 saturated heterocycles. The second-order valence-corrected chi connectivity index (χ2v) is 6.94. The van der Waals surface area contributed by atoms with E-state index in [1.807, 2.05) is 36.2 Å². The van der Waals surface area contributed by atoms with Crippen LogP contribution in [0.5, 0.6) is 0 Å². The number of hydrogen-bond acceptors (Lipinski definition) is 3. The Labute approximate surface area is 148 Å². The molecule has 0 aromatic heterocycles. The average Bonchev–Trinajstić information content (AvgIpc) is 2.52. The zero-order chi connectivity index (χ0) is 15.1. The number of nitrogens with zero attached hydrogens (tertiary/aromatic N) is 1. The number of nitrogens with one attached hydrogen (secondary N) is 1. The second-order valence-electron chi connectivity index (χ2n) is 5.46. The van der Waals surface area contributed by atoms with E-state index in [-0.39, 0.29) is 18.3 Å². The third-order valence-electron chi connectivity index (χ3n) is 3.95. The molecule has 124 valence electrons. The van der Waals surface area contributed by atoms with Crippen LogP contribution in [0.15, 0.2) is 29.2 Å². The topological polar surface area (TPSA) is 32.3 Å². The number of piperidine rings is 1. The van der Waals surface area contributed by atoms with Crippen molar-refractivity contribution < 1.29 is 4.79 Å². The van der Waals surface area contributed by atoms with Crippen LogP contribution >= 0.6 is 35.8 Å². The SMILES string of the molecule is CNCCC1CCN(C(=O)CSc2ccc(Cl)cc2)CC1.Cl. The van der Waals surface area contributed by atoms with Crippen LogP contribution in [0.4, 0.5) is 0 Å². The van der Waals surface area contributed by atoms with Crippen molar-refractivity contribution in [2.75, 3.05) is 32.4 Å². The molecule has 1 N–H and O–H groups in total. The summed E-state index contributed by atoms with van der Waals surface area (Å²) in [6.45, 7) is 2.90. The number of amides is 1. The third kappa shape index (κ3) is 6.37. The molecule has 6 heteroatoms. The molecule has 1 amide bonds. The predicted molar refractivity (Wildman–Crippen MR) is 97.3 cm³/mol. The summed E-state index contributed by atoms with van der Waals surface area (Å²) in [4.78, 5) is 15.3. The van der Waals surface area contributed by atoms with E-state index in [9.17, 15) is 4.79 Å². The van der Waals surface area contributed by atoms with E-state index in [1.165, 1.54) is 6.42 Å². The lowest BCUT2D eigenvalue weighted by molar-refractivity contribution is -0.129. The number of hydrogen-bond donors (Lipinski definition) is 1. The van der Waals surface area contributed by atoms with Crippen LogP contribution in [0.2, 0.25) is 5.02 Å². The Balaban J connectivity index is 0.00000242. The van der Waals surface area contributed by atoms with Crippen molar-refractivity contribution in [3.63, 3.8) is 0 Å². The minimum atomic E-state index is 0. The Bertz CT molecular complexity index is 448. The van der Waals surface area contributed by atoms with Gasteiger partial charge in [0, 0.05) is 23.0 Å². The minimum Gasteiger partial charge on any atom is -0.342 e. The highest BCUT2D eigenvalue weighted by molar-refractivity contribution is 8.00. The van der Waals surface area contributed by atoms with Crippen LogP contribution in [0.1, 0.15) is 19.3 Å². The van der Waals surface area contributed by atoms with Crippen molar-refractivity contribution in [2.45, 2.75) is 24.2 Å². The molecule has 3 nitrogen and oxygen atoms in total. The first-order valence-electron chi connectivity index (χ1n) is 7.50. The maximum Gasteiger partial charge on any atom is 0.232 e. The Morgan fingerprint density at radius 2 is 1.95 bits per heavy atom. The van der Waals surface area contributed by atoms with Crippen LogP contribution in [0.3, 0.4) is 0 Å². The molecule has 0 saturated carbocycles. The molecule has 0 bridgehead atoms. The minimum absolute atomic E-state index is 0. The number of thioether (sulfide) groups is 1. The standard InChI is InChI=1S/C16H23ClN2OS.ClH/c1-18-9-6-13-7-10-19(11-8-13)16(20)12-21-15-4-2-14(17)3-5-15;/h2-5,13,18H,6-12H2,1H3;1H. The van der Waals surface area contributed by atoms with Crippen molar-refractivity contribution in [3.05, 3.63) is 29.3 Å². The first-order valence-corrected chi connectivity index (χ1v) is 8.86. The maximum atomic E-state index is 12.2. The number of halogens is 2. The summed E-state index contributed by atoms with van der Waals surface area (Å²) in [7, 11) is 1.99. The first-order chi connectivity index (χ1) is 10.2. The normalized spacial score (nSPS) is 15.5. The van der Waals surface area contributed by atoms with Gasteiger partial charge in [-0.2, -0.15) is 0 Å². The lowest BCUT2D eigenvalue weighted by Gasteiger charge is -2.32. The number of likely N-dealkylation sites (tertiary alicyclic amines) is 1. The van der Waals surface area contributed by atoms with Gasteiger partial charge in [-0.25, -0.2) is 0 Å². The maximum absolute atomic E-state index is 12.2. The van der Waals surface area contributed by atoms with Gasteiger partial charge in [0.05, 0.1) is 5.75 Å². The summed E-state index contributed by atoms with van der Waals surface area (Å²) >= 11 is 7.44. The molecule has 1 aromatic carbocycles. The first kappa shape index (κ1) is 19.6. The van der Waals surface area contributed by atoms with Gasteiger partial charge in [-0.1, -0.05) is 11.6 Å². The molecule has 2 rings (SSSR count). The van der Waals surface area contributed by atoms with Gasteiger partial charge in [-0.05, 0) is 63.0 Å². The largest absolute Gasteiger partial charge is 0.342 e. The van der Waals surface area contributed by atoms with E-state index in [0.717, 1.165) is 48.3 Å². The number of carbonyl (C=O) groups is 1. The molecule has 0 radical (unpaired) electrons. The van der Waals surface area contributed by atoms with E-state index in [0.29, 0.717) is 5.75 Å². The van der Waals surface area contributed by atoms with Crippen molar-refractivity contribution >= 4 is 41.7 Å². The molecule has 1 heterocycles.